The highest BCUT2D eigenvalue weighted by Crippen LogP contribution is 2.15. The third-order valence-corrected chi connectivity index (χ3v) is 4.23. The van der Waals surface area contributed by atoms with E-state index in [1.165, 1.54) is 19.3 Å². The Balaban J connectivity index is 2.36. The van der Waals surface area contributed by atoms with Crippen LogP contribution in [0.1, 0.15) is 46.5 Å². The molecule has 1 saturated heterocycles. The number of carbonyl (C=O) groups is 1. The number of nitrogens with one attached hydrogen (secondary N) is 1. The van der Waals surface area contributed by atoms with Gasteiger partial charge >= 0.3 is 0 Å². The lowest BCUT2D eigenvalue weighted by atomic mass is 9.98. The summed E-state index contributed by atoms with van der Waals surface area (Å²) in [6.07, 6.45) is 4.69. The van der Waals surface area contributed by atoms with Gasteiger partial charge in [0.15, 0.2) is 0 Å². The van der Waals surface area contributed by atoms with Crippen molar-refractivity contribution in [2.75, 3.05) is 19.6 Å². The minimum absolute atomic E-state index is 0.00553. The molecule has 18 heavy (non-hydrogen) atoms. The molecule has 0 spiro atoms. The Morgan fingerprint density at radius 3 is 2.78 bits per heavy atom. The smallest absolute Gasteiger partial charge is 0.237 e. The molecule has 0 bridgehead atoms. The summed E-state index contributed by atoms with van der Waals surface area (Å²) in [6, 6.07) is 0.130. The zero-order valence-electron chi connectivity index (χ0n) is 12.1. The second-order valence-electron chi connectivity index (χ2n) is 5.43. The van der Waals surface area contributed by atoms with Crippen LogP contribution in [0.4, 0.5) is 0 Å². The van der Waals surface area contributed by atoms with Crippen molar-refractivity contribution < 1.29 is 4.79 Å². The summed E-state index contributed by atoms with van der Waals surface area (Å²) >= 11 is 0. The van der Waals surface area contributed by atoms with Gasteiger partial charge < -0.3 is 11.1 Å². The van der Waals surface area contributed by atoms with Crippen molar-refractivity contribution in [1.82, 2.24) is 10.2 Å². The average Bonchev–Trinajstić information content (AvgIpc) is 2.43. The van der Waals surface area contributed by atoms with Gasteiger partial charge in [0.25, 0.3) is 0 Å². The van der Waals surface area contributed by atoms with Gasteiger partial charge in [-0.1, -0.05) is 33.6 Å². The molecule has 0 radical (unpaired) electrons. The molecule has 3 unspecified atom stereocenters. The van der Waals surface area contributed by atoms with Crippen LogP contribution >= 0.6 is 0 Å². The number of nitrogens with two attached hydrogens (primary N) is 1. The Morgan fingerprint density at radius 1 is 1.44 bits per heavy atom. The largest absolute Gasteiger partial charge is 0.353 e. The first-order chi connectivity index (χ1) is 8.60. The number of hydrogen-bond donors (Lipinski definition) is 2. The molecular formula is C14H29N3O. The van der Waals surface area contributed by atoms with Crippen molar-refractivity contribution in [3.63, 3.8) is 0 Å². The van der Waals surface area contributed by atoms with Gasteiger partial charge in [-0.15, -0.1) is 0 Å². The second kappa shape index (κ2) is 7.74. The van der Waals surface area contributed by atoms with E-state index in [1.807, 2.05) is 6.92 Å². The van der Waals surface area contributed by atoms with E-state index in [9.17, 15) is 4.79 Å². The first-order valence-electron chi connectivity index (χ1n) is 7.37. The van der Waals surface area contributed by atoms with Crippen LogP contribution in [-0.2, 0) is 4.79 Å². The predicted molar refractivity (Wildman–Crippen MR) is 75.3 cm³/mol. The van der Waals surface area contributed by atoms with Crippen LogP contribution < -0.4 is 11.1 Å². The van der Waals surface area contributed by atoms with Crippen LogP contribution in [-0.4, -0.2) is 42.5 Å². The highest BCUT2D eigenvalue weighted by molar-refractivity contribution is 5.81. The Kier molecular flexibility index (Phi) is 6.65. The van der Waals surface area contributed by atoms with E-state index < -0.39 is 0 Å². The summed E-state index contributed by atoms with van der Waals surface area (Å²) in [5.74, 6) is 0.254. The monoisotopic (exact) mass is 255 g/mol. The summed E-state index contributed by atoms with van der Waals surface area (Å²) in [6.45, 7) is 9.26. The number of likely N-dealkylation sites (tertiary alicyclic amines) is 1. The summed E-state index contributed by atoms with van der Waals surface area (Å²) in [5.41, 5.74) is 5.93. The third-order valence-electron chi connectivity index (χ3n) is 4.23. The minimum Gasteiger partial charge on any atom is -0.353 e. The molecule has 3 N–H and O–H groups in total. The maximum absolute atomic E-state index is 11.9. The Morgan fingerprint density at radius 2 is 2.17 bits per heavy atom. The topological polar surface area (TPSA) is 58.4 Å². The van der Waals surface area contributed by atoms with Gasteiger partial charge in [-0.3, -0.25) is 9.69 Å². The summed E-state index contributed by atoms with van der Waals surface area (Å²) in [7, 11) is 0. The van der Waals surface area contributed by atoms with Gasteiger partial charge in [0.1, 0.15) is 0 Å². The standard InChI is InChI=1S/C14H29N3O/c1-4-11(3)13(15)14(18)16-10-12-8-6-7-9-17(12)5-2/h11-13H,4-10,15H2,1-3H3,(H,16,18). The molecule has 0 aromatic rings. The van der Waals surface area contributed by atoms with E-state index in [1.54, 1.807) is 0 Å². The van der Waals surface area contributed by atoms with Gasteiger partial charge in [0, 0.05) is 12.6 Å². The lowest BCUT2D eigenvalue weighted by Gasteiger charge is -2.35. The Labute approximate surface area is 111 Å². The van der Waals surface area contributed by atoms with Crippen molar-refractivity contribution in [3.8, 4) is 0 Å². The molecule has 4 heteroatoms. The van der Waals surface area contributed by atoms with Crippen molar-refractivity contribution in [2.45, 2.75) is 58.5 Å². The fourth-order valence-corrected chi connectivity index (χ4v) is 2.56. The summed E-state index contributed by atoms with van der Waals surface area (Å²) < 4.78 is 0. The number of piperidine rings is 1. The fourth-order valence-electron chi connectivity index (χ4n) is 2.56. The molecule has 1 rings (SSSR count). The van der Waals surface area contributed by atoms with Crippen molar-refractivity contribution in [3.05, 3.63) is 0 Å². The first-order valence-corrected chi connectivity index (χ1v) is 7.37. The number of amides is 1. The zero-order valence-corrected chi connectivity index (χ0v) is 12.1. The van der Waals surface area contributed by atoms with Crippen molar-refractivity contribution in [1.29, 1.82) is 0 Å². The molecule has 0 aromatic carbocycles. The lowest BCUT2D eigenvalue weighted by molar-refractivity contribution is -0.123. The average molecular weight is 255 g/mol. The van der Waals surface area contributed by atoms with Gasteiger partial charge in [-0.05, 0) is 31.8 Å². The van der Waals surface area contributed by atoms with Crippen LogP contribution in [0, 0.1) is 5.92 Å². The molecule has 0 aliphatic carbocycles. The van der Waals surface area contributed by atoms with Crippen LogP contribution in [0.2, 0.25) is 0 Å². The maximum Gasteiger partial charge on any atom is 0.237 e. The lowest BCUT2D eigenvalue weighted by Crippen LogP contribution is -2.51. The third kappa shape index (κ3) is 4.25. The molecule has 1 aliphatic heterocycles. The summed E-state index contributed by atoms with van der Waals surface area (Å²) in [4.78, 5) is 14.4. The minimum atomic E-state index is -0.367. The predicted octanol–water partition coefficient (Wildman–Crippen LogP) is 1.35. The maximum atomic E-state index is 11.9. The van der Waals surface area contributed by atoms with Crippen LogP contribution in [0.15, 0.2) is 0 Å². The van der Waals surface area contributed by atoms with E-state index in [-0.39, 0.29) is 17.9 Å². The van der Waals surface area contributed by atoms with Gasteiger partial charge in [0.05, 0.1) is 6.04 Å². The number of rotatable bonds is 6. The molecule has 3 atom stereocenters. The van der Waals surface area contributed by atoms with Crippen LogP contribution in [0.3, 0.4) is 0 Å². The Hall–Kier alpha value is -0.610. The molecule has 106 valence electrons. The van der Waals surface area contributed by atoms with E-state index in [2.05, 4.69) is 24.1 Å². The highest BCUT2D eigenvalue weighted by atomic mass is 16.2. The summed E-state index contributed by atoms with van der Waals surface area (Å²) in [5, 5.41) is 3.03. The van der Waals surface area contributed by atoms with E-state index in [0.717, 1.165) is 26.1 Å². The number of nitrogens with zero attached hydrogens (tertiary/aromatic N) is 1. The number of hydrogen-bond acceptors (Lipinski definition) is 3. The fraction of sp³-hybridized carbons (Fsp3) is 0.929. The first kappa shape index (κ1) is 15.4. The molecule has 1 fully saturated rings. The molecule has 0 aromatic heterocycles. The van der Waals surface area contributed by atoms with Crippen LogP contribution in [0.25, 0.3) is 0 Å². The van der Waals surface area contributed by atoms with Crippen molar-refractivity contribution >= 4 is 5.91 Å². The molecule has 1 amide bonds. The normalized spacial score (nSPS) is 24.6. The van der Waals surface area contributed by atoms with Gasteiger partial charge in [0.2, 0.25) is 5.91 Å². The van der Waals surface area contributed by atoms with Gasteiger partial charge in [-0.25, -0.2) is 0 Å². The molecular weight excluding hydrogens is 226 g/mol. The molecule has 1 aliphatic rings. The molecule has 4 nitrogen and oxygen atoms in total. The number of likely N-dealkylation sites (N-methyl/N-ethyl adjacent to an activating group) is 1. The quantitative estimate of drug-likeness (QED) is 0.753. The molecule has 1 heterocycles. The van der Waals surface area contributed by atoms with Crippen LogP contribution in [0.5, 0.6) is 0 Å². The number of carbonyl (C=O) groups excluding carboxylic acids is 1. The second-order valence-corrected chi connectivity index (χ2v) is 5.43. The van der Waals surface area contributed by atoms with E-state index >= 15 is 0 Å². The highest BCUT2D eigenvalue weighted by Gasteiger charge is 2.24. The Bertz CT molecular complexity index is 257. The van der Waals surface area contributed by atoms with E-state index in [0.29, 0.717) is 6.04 Å². The van der Waals surface area contributed by atoms with Gasteiger partial charge in [-0.2, -0.15) is 0 Å². The van der Waals surface area contributed by atoms with Crippen molar-refractivity contribution in [2.24, 2.45) is 11.7 Å². The SMILES string of the molecule is CCC(C)C(N)C(=O)NCC1CCCCN1CC. The van der Waals surface area contributed by atoms with E-state index in [4.69, 9.17) is 5.73 Å². The zero-order chi connectivity index (χ0) is 13.5. The molecule has 0 saturated carbocycles.